The average molecular weight is 483 g/mol. The van der Waals surface area contributed by atoms with Crippen LogP contribution in [0.2, 0.25) is 0 Å². The van der Waals surface area contributed by atoms with Crippen molar-refractivity contribution in [2.75, 3.05) is 26.6 Å². The van der Waals surface area contributed by atoms with Crippen molar-refractivity contribution in [1.82, 2.24) is 14.8 Å². The zero-order chi connectivity index (χ0) is 24.8. The van der Waals surface area contributed by atoms with Crippen LogP contribution in [0.4, 0.5) is 5.95 Å². The third-order valence-electron chi connectivity index (χ3n) is 6.72. The van der Waals surface area contributed by atoms with Gasteiger partial charge < -0.3 is 24.3 Å². The highest BCUT2D eigenvalue weighted by atomic mass is 16.5. The second-order valence-electron chi connectivity index (χ2n) is 8.76. The molecule has 6 rings (SSSR count). The molecule has 36 heavy (non-hydrogen) atoms. The van der Waals surface area contributed by atoms with E-state index in [0.717, 1.165) is 45.0 Å². The number of aromatic nitrogens is 3. The number of hydrogen-bond acceptors (Lipinski definition) is 7. The van der Waals surface area contributed by atoms with E-state index in [1.54, 1.807) is 27.7 Å². The standard InChI is InChI=1S/C28H26N4O4/c1-16-5-12-22-21(13-16)25-24(27(36-22)20-11-10-19(34-3)14-23(20)35-4)26(32-28(31-25)29-15-30-32)17-6-8-18(33-2)9-7-17/h5-15,26-27H,1-4H3,(H,29,30,31). The molecular weight excluding hydrogens is 456 g/mol. The molecule has 1 aromatic heterocycles. The number of aryl methyl sites for hydroxylation is 1. The molecule has 182 valence electrons. The number of hydrogen-bond donors (Lipinski definition) is 1. The maximum Gasteiger partial charge on any atom is 0.226 e. The summed E-state index contributed by atoms with van der Waals surface area (Å²) in [4.78, 5) is 4.51. The van der Waals surface area contributed by atoms with Crippen molar-refractivity contribution in [3.05, 3.63) is 94.8 Å². The van der Waals surface area contributed by atoms with E-state index in [1.807, 2.05) is 41.1 Å². The molecule has 3 heterocycles. The van der Waals surface area contributed by atoms with Crippen LogP contribution in [0, 0.1) is 6.92 Å². The molecule has 0 saturated carbocycles. The maximum atomic E-state index is 6.74. The number of rotatable bonds is 5. The molecule has 0 spiro atoms. The van der Waals surface area contributed by atoms with Crippen LogP contribution in [0.25, 0.3) is 5.70 Å². The van der Waals surface area contributed by atoms with Crippen LogP contribution in [0.5, 0.6) is 23.0 Å². The molecule has 8 heteroatoms. The predicted octanol–water partition coefficient (Wildman–Crippen LogP) is 5.17. The van der Waals surface area contributed by atoms with Crippen LogP contribution >= 0.6 is 0 Å². The highest BCUT2D eigenvalue weighted by Gasteiger charge is 2.42. The van der Waals surface area contributed by atoms with Gasteiger partial charge in [0.05, 0.1) is 27.0 Å². The van der Waals surface area contributed by atoms with Gasteiger partial charge >= 0.3 is 0 Å². The lowest BCUT2D eigenvalue weighted by Gasteiger charge is -2.39. The molecule has 2 aliphatic rings. The molecular formula is C28H26N4O4. The number of fused-ring (bicyclic) bond motifs is 3. The van der Waals surface area contributed by atoms with Crippen LogP contribution in [0.3, 0.4) is 0 Å². The van der Waals surface area contributed by atoms with Crippen molar-refractivity contribution >= 4 is 11.6 Å². The van der Waals surface area contributed by atoms with Gasteiger partial charge in [0.15, 0.2) is 6.10 Å². The summed E-state index contributed by atoms with van der Waals surface area (Å²) in [7, 11) is 4.96. The Morgan fingerprint density at radius 1 is 0.889 bits per heavy atom. The van der Waals surface area contributed by atoms with Crippen LogP contribution in [-0.2, 0) is 0 Å². The van der Waals surface area contributed by atoms with Gasteiger partial charge in [0.2, 0.25) is 5.95 Å². The number of ether oxygens (including phenoxy) is 4. The van der Waals surface area contributed by atoms with Crippen molar-refractivity contribution in [2.24, 2.45) is 0 Å². The molecule has 0 radical (unpaired) electrons. The predicted molar refractivity (Wildman–Crippen MR) is 136 cm³/mol. The Morgan fingerprint density at radius 3 is 2.42 bits per heavy atom. The molecule has 2 unspecified atom stereocenters. The van der Waals surface area contributed by atoms with Gasteiger partial charge in [0.25, 0.3) is 0 Å². The smallest absolute Gasteiger partial charge is 0.226 e. The first kappa shape index (κ1) is 22.0. The van der Waals surface area contributed by atoms with Crippen LogP contribution in [0.1, 0.15) is 34.4 Å². The molecule has 0 amide bonds. The van der Waals surface area contributed by atoms with E-state index in [1.165, 1.54) is 0 Å². The summed E-state index contributed by atoms with van der Waals surface area (Å²) >= 11 is 0. The fourth-order valence-electron chi connectivity index (χ4n) is 4.98. The lowest BCUT2D eigenvalue weighted by molar-refractivity contribution is 0.217. The first-order valence-corrected chi connectivity index (χ1v) is 11.7. The minimum atomic E-state index is -0.451. The Hall–Kier alpha value is -4.46. The number of benzene rings is 3. The third-order valence-corrected chi connectivity index (χ3v) is 6.72. The number of nitrogens with one attached hydrogen (secondary N) is 1. The monoisotopic (exact) mass is 482 g/mol. The number of anilines is 1. The second-order valence-corrected chi connectivity index (χ2v) is 8.76. The van der Waals surface area contributed by atoms with Crippen molar-refractivity contribution in [3.63, 3.8) is 0 Å². The summed E-state index contributed by atoms with van der Waals surface area (Å²) in [6, 6.07) is 19.8. The Kier molecular flexibility index (Phi) is 5.29. The minimum absolute atomic E-state index is 0.268. The van der Waals surface area contributed by atoms with Gasteiger partial charge in [-0.25, -0.2) is 4.68 Å². The number of methoxy groups -OCH3 is 3. The second kappa shape index (κ2) is 8.64. The Labute approximate surface area is 209 Å². The first-order valence-electron chi connectivity index (χ1n) is 11.7. The summed E-state index contributed by atoms with van der Waals surface area (Å²) in [5.74, 6) is 3.64. The molecule has 2 aliphatic heterocycles. The maximum absolute atomic E-state index is 6.74. The van der Waals surface area contributed by atoms with E-state index in [2.05, 4.69) is 46.6 Å². The van der Waals surface area contributed by atoms with E-state index in [-0.39, 0.29) is 6.04 Å². The van der Waals surface area contributed by atoms with Gasteiger partial charge in [-0.1, -0.05) is 23.8 Å². The third kappa shape index (κ3) is 3.45. The van der Waals surface area contributed by atoms with Gasteiger partial charge in [-0.05, 0) is 48.9 Å². The Balaban J connectivity index is 1.62. The molecule has 0 saturated heterocycles. The first-order chi connectivity index (χ1) is 17.6. The fraction of sp³-hybridized carbons (Fsp3) is 0.214. The van der Waals surface area contributed by atoms with Gasteiger partial charge in [-0.15, -0.1) is 0 Å². The van der Waals surface area contributed by atoms with Crippen molar-refractivity contribution < 1.29 is 18.9 Å². The normalized spacial score (nSPS) is 17.8. The number of nitrogens with zero attached hydrogens (tertiary/aromatic N) is 3. The Morgan fingerprint density at radius 2 is 1.67 bits per heavy atom. The highest BCUT2D eigenvalue weighted by Crippen LogP contribution is 2.52. The van der Waals surface area contributed by atoms with Gasteiger partial charge in [0, 0.05) is 22.8 Å². The molecule has 0 bridgehead atoms. The van der Waals surface area contributed by atoms with Crippen molar-refractivity contribution in [3.8, 4) is 23.0 Å². The molecule has 2 atom stereocenters. The highest BCUT2D eigenvalue weighted by molar-refractivity contribution is 5.85. The van der Waals surface area contributed by atoms with Crippen molar-refractivity contribution in [1.29, 1.82) is 0 Å². The zero-order valence-electron chi connectivity index (χ0n) is 20.5. The zero-order valence-corrected chi connectivity index (χ0v) is 20.5. The summed E-state index contributed by atoms with van der Waals surface area (Å²) < 4.78 is 25.3. The van der Waals surface area contributed by atoms with Crippen molar-refractivity contribution in [2.45, 2.75) is 19.1 Å². The minimum Gasteiger partial charge on any atom is -0.497 e. The molecule has 8 nitrogen and oxygen atoms in total. The van der Waals surface area contributed by atoms with Crippen LogP contribution in [0.15, 0.2) is 72.6 Å². The van der Waals surface area contributed by atoms with E-state index < -0.39 is 6.10 Å². The molecule has 4 aromatic rings. The average Bonchev–Trinajstić information content (AvgIpc) is 3.39. The van der Waals surface area contributed by atoms with Gasteiger partial charge in [-0.2, -0.15) is 10.1 Å². The summed E-state index contributed by atoms with van der Waals surface area (Å²) in [6.07, 6.45) is 1.12. The quantitative estimate of drug-likeness (QED) is 0.420. The topological polar surface area (TPSA) is 79.7 Å². The van der Waals surface area contributed by atoms with Crippen LogP contribution in [-0.4, -0.2) is 36.1 Å². The lowest BCUT2D eigenvalue weighted by Crippen LogP contribution is -2.32. The SMILES string of the molecule is COc1ccc(C2C3=C(Nc4ncnn42)c2cc(C)ccc2OC3c2ccc(OC)cc2OC)cc1. The summed E-state index contributed by atoms with van der Waals surface area (Å²) in [5.41, 5.74) is 6.03. The van der Waals surface area contributed by atoms with E-state index in [9.17, 15) is 0 Å². The summed E-state index contributed by atoms with van der Waals surface area (Å²) in [6.45, 7) is 2.07. The molecule has 0 fully saturated rings. The lowest BCUT2D eigenvalue weighted by atomic mass is 9.84. The largest absolute Gasteiger partial charge is 0.497 e. The molecule has 3 aromatic carbocycles. The summed E-state index contributed by atoms with van der Waals surface area (Å²) in [5, 5.41) is 8.13. The Bertz CT molecular complexity index is 1480. The molecule has 0 aliphatic carbocycles. The molecule has 1 N–H and O–H groups in total. The van der Waals surface area contributed by atoms with E-state index in [4.69, 9.17) is 18.9 Å². The van der Waals surface area contributed by atoms with Gasteiger partial charge in [0.1, 0.15) is 35.4 Å². The van der Waals surface area contributed by atoms with Gasteiger partial charge in [-0.3, -0.25) is 0 Å². The van der Waals surface area contributed by atoms with E-state index >= 15 is 0 Å². The van der Waals surface area contributed by atoms with Crippen LogP contribution < -0.4 is 24.3 Å². The van der Waals surface area contributed by atoms with E-state index in [0.29, 0.717) is 17.4 Å². The fourth-order valence-corrected chi connectivity index (χ4v) is 4.98.